The van der Waals surface area contributed by atoms with E-state index in [9.17, 15) is 9.59 Å². The number of nitrogens with one attached hydrogen (secondary N) is 2. The maximum absolute atomic E-state index is 11.8. The van der Waals surface area contributed by atoms with Gasteiger partial charge in [-0.3, -0.25) is 14.5 Å². The third-order valence-electron chi connectivity index (χ3n) is 3.86. The third kappa shape index (κ3) is 7.01. The summed E-state index contributed by atoms with van der Waals surface area (Å²) in [6.45, 7) is 6.27. The van der Waals surface area contributed by atoms with Gasteiger partial charge in [-0.1, -0.05) is 29.8 Å². The highest BCUT2D eigenvalue weighted by atomic mass is 127. The number of hydrogen-bond acceptors (Lipinski definition) is 3. The number of guanidine groups is 1. The fourth-order valence-corrected chi connectivity index (χ4v) is 2.66. The summed E-state index contributed by atoms with van der Waals surface area (Å²) in [5, 5.41) is 6.36. The number of nitrogens with zero attached hydrogens (tertiary/aromatic N) is 2. The van der Waals surface area contributed by atoms with E-state index < -0.39 is 0 Å². The minimum atomic E-state index is -0.0743. The minimum Gasteiger partial charge on any atom is -0.357 e. The topological polar surface area (TPSA) is 73.8 Å². The molecular weight excluding hydrogens is 431 g/mol. The van der Waals surface area contributed by atoms with Crippen molar-refractivity contribution in [1.82, 2.24) is 15.5 Å². The van der Waals surface area contributed by atoms with Crippen molar-refractivity contribution in [2.45, 2.75) is 39.7 Å². The average molecular weight is 458 g/mol. The van der Waals surface area contributed by atoms with E-state index >= 15 is 0 Å². The number of carbonyl (C=O) groups excluding carboxylic acids is 2. The molecule has 138 valence electrons. The number of hydrogen-bond donors (Lipinski definition) is 2. The van der Waals surface area contributed by atoms with Gasteiger partial charge in [0.05, 0.1) is 6.54 Å². The van der Waals surface area contributed by atoms with E-state index in [1.54, 1.807) is 0 Å². The van der Waals surface area contributed by atoms with Gasteiger partial charge in [-0.25, -0.2) is 4.99 Å². The maximum Gasteiger partial charge on any atom is 0.229 e. The van der Waals surface area contributed by atoms with Crippen LogP contribution in [-0.2, 0) is 16.1 Å². The first kappa shape index (κ1) is 21.4. The number of aliphatic imine (C=N–C) groups is 1. The molecule has 1 heterocycles. The first-order valence-electron chi connectivity index (χ1n) is 8.51. The summed E-state index contributed by atoms with van der Waals surface area (Å²) in [7, 11) is 0. The average Bonchev–Trinajstić information content (AvgIpc) is 2.55. The lowest BCUT2D eigenvalue weighted by atomic mass is 10.1. The standard InChI is InChI=1S/C18H26N4O2.HI/c1-3-19-18(21-13-15-7-4-6-14(2)12-15)20-10-11-22-16(23)8-5-9-17(22)24;/h4,6-7,12H,3,5,8-11,13H2,1-2H3,(H2,19,20,21);1H. The molecule has 2 rings (SSSR count). The van der Waals surface area contributed by atoms with Crippen LogP contribution in [0.5, 0.6) is 0 Å². The van der Waals surface area contributed by atoms with Gasteiger partial charge >= 0.3 is 0 Å². The molecule has 2 amide bonds. The largest absolute Gasteiger partial charge is 0.357 e. The van der Waals surface area contributed by atoms with Crippen molar-refractivity contribution in [2.75, 3.05) is 19.6 Å². The molecule has 0 aliphatic carbocycles. The molecule has 0 bridgehead atoms. The Morgan fingerprint density at radius 3 is 2.56 bits per heavy atom. The number of rotatable bonds is 6. The fraction of sp³-hybridized carbons (Fsp3) is 0.500. The van der Waals surface area contributed by atoms with Crippen LogP contribution in [0.4, 0.5) is 0 Å². The van der Waals surface area contributed by atoms with Crippen molar-refractivity contribution < 1.29 is 9.59 Å². The van der Waals surface area contributed by atoms with Crippen LogP contribution in [0.1, 0.15) is 37.3 Å². The summed E-state index contributed by atoms with van der Waals surface area (Å²) in [4.78, 5) is 29.5. The second kappa shape index (κ2) is 11.1. The number of imide groups is 1. The zero-order valence-corrected chi connectivity index (χ0v) is 17.2. The molecule has 1 saturated heterocycles. The Balaban J connectivity index is 0.00000312. The number of aryl methyl sites for hydroxylation is 1. The summed E-state index contributed by atoms with van der Waals surface area (Å²) < 4.78 is 0. The molecule has 0 spiro atoms. The normalized spacial score (nSPS) is 15.0. The van der Waals surface area contributed by atoms with Gasteiger partial charge in [-0.05, 0) is 25.8 Å². The van der Waals surface area contributed by atoms with Gasteiger partial charge in [0.15, 0.2) is 5.96 Å². The predicted molar refractivity (Wildman–Crippen MR) is 110 cm³/mol. The molecule has 25 heavy (non-hydrogen) atoms. The second-order valence-electron chi connectivity index (χ2n) is 5.90. The second-order valence-corrected chi connectivity index (χ2v) is 5.90. The lowest BCUT2D eigenvalue weighted by Crippen LogP contribution is -2.46. The van der Waals surface area contributed by atoms with Gasteiger partial charge in [-0.15, -0.1) is 24.0 Å². The van der Waals surface area contributed by atoms with E-state index in [1.165, 1.54) is 10.5 Å². The molecule has 0 saturated carbocycles. The van der Waals surface area contributed by atoms with Crippen molar-refractivity contribution in [1.29, 1.82) is 0 Å². The molecule has 1 aromatic rings. The van der Waals surface area contributed by atoms with Crippen molar-refractivity contribution in [3.63, 3.8) is 0 Å². The van der Waals surface area contributed by atoms with Crippen molar-refractivity contribution >= 4 is 41.8 Å². The fourth-order valence-electron chi connectivity index (χ4n) is 2.66. The zero-order chi connectivity index (χ0) is 17.4. The molecular formula is C18H27IN4O2. The van der Waals surface area contributed by atoms with Gasteiger partial charge in [0.25, 0.3) is 0 Å². The lowest BCUT2D eigenvalue weighted by molar-refractivity contribution is -0.147. The molecule has 0 radical (unpaired) electrons. The molecule has 1 aliphatic rings. The van der Waals surface area contributed by atoms with Gasteiger partial charge in [0.1, 0.15) is 0 Å². The van der Waals surface area contributed by atoms with Crippen molar-refractivity contribution in [3.8, 4) is 0 Å². The maximum atomic E-state index is 11.8. The molecule has 0 unspecified atom stereocenters. The van der Waals surface area contributed by atoms with Crippen LogP contribution >= 0.6 is 24.0 Å². The Morgan fingerprint density at radius 2 is 1.92 bits per heavy atom. The molecule has 7 heteroatoms. The monoisotopic (exact) mass is 458 g/mol. The molecule has 6 nitrogen and oxygen atoms in total. The van der Waals surface area contributed by atoms with E-state index in [4.69, 9.17) is 0 Å². The van der Waals surface area contributed by atoms with Crippen LogP contribution < -0.4 is 10.6 Å². The van der Waals surface area contributed by atoms with E-state index in [-0.39, 0.29) is 35.8 Å². The molecule has 1 fully saturated rings. The van der Waals surface area contributed by atoms with Crippen LogP contribution in [0.2, 0.25) is 0 Å². The highest BCUT2D eigenvalue weighted by Crippen LogP contribution is 2.11. The van der Waals surface area contributed by atoms with E-state index in [1.807, 2.05) is 19.1 Å². The molecule has 0 aromatic heterocycles. The number of benzene rings is 1. The summed E-state index contributed by atoms with van der Waals surface area (Å²) >= 11 is 0. The van der Waals surface area contributed by atoms with Crippen molar-refractivity contribution in [2.24, 2.45) is 4.99 Å². The molecule has 1 aromatic carbocycles. The summed E-state index contributed by atoms with van der Waals surface area (Å²) in [6, 6.07) is 8.24. The number of piperidine rings is 1. The van der Waals surface area contributed by atoms with Crippen LogP contribution in [0.3, 0.4) is 0 Å². The molecule has 2 N–H and O–H groups in total. The van der Waals surface area contributed by atoms with Gasteiger partial charge < -0.3 is 10.6 Å². The lowest BCUT2D eigenvalue weighted by Gasteiger charge is -2.25. The Hall–Kier alpha value is -1.64. The summed E-state index contributed by atoms with van der Waals surface area (Å²) in [5.41, 5.74) is 2.36. The van der Waals surface area contributed by atoms with Gasteiger partial charge in [-0.2, -0.15) is 0 Å². The van der Waals surface area contributed by atoms with E-state index in [2.05, 4.69) is 34.7 Å². The van der Waals surface area contributed by atoms with Crippen LogP contribution in [0.15, 0.2) is 29.3 Å². The highest BCUT2D eigenvalue weighted by Gasteiger charge is 2.25. The number of halogens is 1. The minimum absolute atomic E-state index is 0. The Morgan fingerprint density at radius 1 is 1.20 bits per heavy atom. The summed E-state index contributed by atoms with van der Waals surface area (Å²) in [6.07, 6.45) is 1.60. The van der Waals surface area contributed by atoms with Crippen LogP contribution in [0, 0.1) is 6.92 Å². The predicted octanol–water partition coefficient (Wildman–Crippen LogP) is 2.21. The molecule has 0 atom stereocenters. The van der Waals surface area contributed by atoms with Gasteiger partial charge in [0, 0.05) is 32.5 Å². The first-order chi connectivity index (χ1) is 11.6. The summed E-state index contributed by atoms with van der Waals surface area (Å²) in [5.74, 6) is 0.542. The highest BCUT2D eigenvalue weighted by molar-refractivity contribution is 14.0. The first-order valence-corrected chi connectivity index (χ1v) is 8.51. The zero-order valence-electron chi connectivity index (χ0n) is 14.9. The number of carbonyl (C=O) groups is 2. The number of amides is 2. The molecule has 1 aliphatic heterocycles. The SMILES string of the molecule is CCNC(=NCc1cccc(C)c1)NCCN1C(=O)CCCC1=O.I. The van der Waals surface area contributed by atoms with Crippen LogP contribution in [-0.4, -0.2) is 42.3 Å². The van der Waals surface area contributed by atoms with E-state index in [0.29, 0.717) is 44.9 Å². The Kier molecular flexibility index (Phi) is 9.48. The van der Waals surface area contributed by atoms with E-state index in [0.717, 1.165) is 12.1 Å². The van der Waals surface area contributed by atoms with Crippen molar-refractivity contribution in [3.05, 3.63) is 35.4 Å². The number of likely N-dealkylation sites (tertiary alicyclic amines) is 1. The van der Waals surface area contributed by atoms with Crippen LogP contribution in [0.25, 0.3) is 0 Å². The third-order valence-corrected chi connectivity index (χ3v) is 3.86. The smallest absolute Gasteiger partial charge is 0.229 e. The van der Waals surface area contributed by atoms with Gasteiger partial charge in [0.2, 0.25) is 11.8 Å². The Labute approximate surface area is 166 Å². The quantitative estimate of drug-likeness (QED) is 0.297. The Bertz CT molecular complexity index is 603.